The first kappa shape index (κ1) is 17.9. The molecule has 2 aromatic carbocycles. The third-order valence-corrected chi connectivity index (χ3v) is 4.05. The highest BCUT2D eigenvalue weighted by atomic mass is 35.5. The van der Waals surface area contributed by atoms with E-state index in [1.165, 1.54) is 0 Å². The van der Waals surface area contributed by atoms with E-state index in [9.17, 15) is 9.59 Å². The number of nitrogens with one attached hydrogen (secondary N) is 1. The minimum absolute atomic E-state index is 0.332. The number of hydrogen-bond donors (Lipinski definition) is 1. The number of aryl methyl sites for hydroxylation is 1. The zero-order valence-corrected chi connectivity index (χ0v) is 14.9. The van der Waals surface area contributed by atoms with Gasteiger partial charge in [0, 0.05) is 11.9 Å². The van der Waals surface area contributed by atoms with E-state index in [1.54, 1.807) is 30.3 Å². The minimum Gasteiger partial charge on any atom is -0.452 e. The number of ether oxygens (including phenoxy) is 1. The second-order valence-electron chi connectivity index (χ2n) is 5.88. The highest BCUT2D eigenvalue weighted by molar-refractivity contribution is 6.29. The van der Waals surface area contributed by atoms with Gasteiger partial charge in [-0.3, -0.25) is 4.79 Å². The van der Waals surface area contributed by atoms with Crippen LogP contribution in [-0.2, 0) is 16.1 Å². The Kier molecular flexibility index (Phi) is 5.49. The standard InChI is InChI=1S/C20H17ClN2O3/c1-13-2-4-14(5-3-13)11-22-19(24)12-26-20(25)16-6-8-17-15(10-16)7-9-18(21)23-17/h2-10H,11-12H2,1H3,(H,22,24). The zero-order valence-electron chi connectivity index (χ0n) is 14.2. The van der Waals surface area contributed by atoms with E-state index in [-0.39, 0.29) is 12.5 Å². The number of amides is 1. The SMILES string of the molecule is Cc1ccc(CNC(=O)COC(=O)c2ccc3nc(Cl)ccc3c2)cc1. The quantitative estimate of drug-likeness (QED) is 0.551. The Bertz CT molecular complexity index is 955. The molecule has 0 spiro atoms. The van der Waals surface area contributed by atoms with Gasteiger partial charge in [0.05, 0.1) is 11.1 Å². The maximum atomic E-state index is 12.1. The molecule has 1 heterocycles. The van der Waals surface area contributed by atoms with Crippen LogP contribution in [0.2, 0.25) is 5.15 Å². The predicted octanol–water partition coefficient (Wildman–Crippen LogP) is 3.67. The van der Waals surface area contributed by atoms with Crippen molar-refractivity contribution < 1.29 is 14.3 Å². The van der Waals surface area contributed by atoms with Crippen LogP contribution < -0.4 is 5.32 Å². The van der Waals surface area contributed by atoms with Crippen molar-refractivity contribution in [1.82, 2.24) is 10.3 Å². The molecule has 26 heavy (non-hydrogen) atoms. The summed E-state index contributed by atoms with van der Waals surface area (Å²) in [6, 6.07) is 16.2. The fourth-order valence-electron chi connectivity index (χ4n) is 2.40. The molecule has 1 amide bonds. The lowest BCUT2D eigenvalue weighted by atomic mass is 10.1. The molecule has 132 valence electrons. The van der Waals surface area contributed by atoms with Crippen LogP contribution in [0.15, 0.2) is 54.6 Å². The summed E-state index contributed by atoms with van der Waals surface area (Å²) in [4.78, 5) is 28.1. The van der Waals surface area contributed by atoms with Gasteiger partial charge in [0.1, 0.15) is 5.15 Å². The normalized spacial score (nSPS) is 10.5. The van der Waals surface area contributed by atoms with E-state index in [4.69, 9.17) is 16.3 Å². The van der Waals surface area contributed by atoms with E-state index < -0.39 is 5.97 Å². The topological polar surface area (TPSA) is 68.3 Å². The number of halogens is 1. The van der Waals surface area contributed by atoms with Gasteiger partial charge in [-0.15, -0.1) is 0 Å². The third-order valence-electron chi connectivity index (χ3n) is 3.84. The second kappa shape index (κ2) is 7.97. The van der Waals surface area contributed by atoms with Crippen LogP contribution in [-0.4, -0.2) is 23.5 Å². The number of hydrogen-bond acceptors (Lipinski definition) is 4. The Hall–Kier alpha value is -2.92. The van der Waals surface area contributed by atoms with E-state index in [2.05, 4.69) is 10.3 Å². The Morgan fingerprint density at radius 1 is 1.08 bits per heavy atom. The van der Waals surface area contributed by atoms with Crippen molar-refractivity contribution in [3.05, 3.63) is 76.4 Å². The summed E-state index contributed by atoms with van der Waals surface area (Å²) >= 11 is 5.84. The van der Waals surface area contributed by atoms with Crippen molar-refractivity contribution in [3.63, 3.8) is 0 Å². The Labute approximate surface area is 156 Å². The third kappa shape index (κ3) is 4.58. The number of carbonyl (C=O) groups is 2. The van der Waals surface area contributed by atoms with Crippen molar-refractivity contribution >= 4 is 34.4 Å². The number of fused-ring (bicyclic) bond motifs is 1. The van der Waals surface area contributed by atoms with Crippen LogP contribution in [0.5, 0.6) is 0 Å². The van der Waals surface area contributed by atoms with Crippen LogP contribution in [0.3, 0.4) is 0 Å². The monoisotopic (exact) mass is 368 g/mol. The fourth-order valence-corrected chi connectivity index (χ4v) is 2.55. The van der Waals surface area contributed by atoms with Gasteiger partial charge < -0.3 is 10.1 Å². The molecule has 3 rings (SSSR count). The summed E-state index contributed by atoms with van der Waals surface area (Å²) in [5.41, 5.74) is 3.18. The van der Waals surface area contributed by atoms with Gasteiger partial charge in [0.15, 0.2) is 6.61 Å². The first-order chi connectivity index (χ1) is 12.5. The van der Waals surface area contributed by atoms with Crippen LogP contribution in [0.4, 0.5) is 0 Å². The van der Waals surface area contributed by atoms with Gasteiger partial charge in [-0.1, -0.05) is 41.4 Å². The maximum absolute atomic E-state index is 12.1. The van der Waals surface area contributed by atoms with Crippen molar-refractivity contribution in [1.29, 1.82) is 0 Å². The summed E-state index contributed by atoms with van der Waals surface area (Å²) < 4.78 is 5.07. The lowest BCUT2D eigenvalue weighted by Gasteiger charge is -2.07. The van der Waals surface area contributed by atoms with Gasteiger partial charge in [-0.05, 0) is 42.8 Å². The average Bonchev–Trinajstić information content (AvgIpc) is 2.65. The molecule has 3 aromatic rings. The molecule has 0 aliphatic carbocycles. The molecule has 1 N–H and O–H groups in total. The van der Waals surface area contributed by atoms with E-state index in [0.717, 1.165) is 16.5 Å². The number of esters is 1. The summed E-state index contributed by atoms with van der Waals surface area (Å²) in [7, 11) is 0. The van der Waals surface area contributed by atoms with Crippen LogP contribution >= 0.6 is 11.6 Å². The van der Waals surface area contributed by atoms with Crippen LogP contribution in [0.1, 0.15) is 21.5 Å². The number of carbonyl (C=O) groups excluding carboxylic acids is 2. The zero-order chi connectivity index (χ0) is 18.5. The molecule has 0 radical (unpaired) electrons. The molecule has 0 aliphatic heterocycles. The molecule has 0 saturated heterocycles. The van der Waals surface area contributed by atoms with Crippen molar-refractivity contribution in [2.75, 3.05) is 6.61 Å². The molecule has 0 aliphatic rings. The Morgan fingerprint density at radius 3 is 2.62 bits per heavy atom. The summed E-state index contributed by atoms with van der Waals surface area (Å²) in [5, 5.41) is 3.88. The smallest absolute Gasteiger partial charge is 0.338 e. The molecule has 0 unspecified atom stereocenters. The minimum atomic E-state index is -0.563. The van der Waals surface area contributed by atoms with Crippen LogP contribution in [0, 0.1) is 6.92 Å². The summed E-state index contributed by atoms with van der Waals surface area (Å²) in [6.07, 6.45) is 0. The lowest BCUT2D eigenvalue weighted by Crippen LogP contribution is -2.28. The second-order valence-corrected chi connectivity index (χ2v) is 6.27. The molecule has 0 fully saturated rings. The van der Waals surface area contributed by atoms with Gasteiger partial charge >= 0.3 is 5.97 Å². The predicted molar refractivity (Wildman–Crippen MR) is 100 cm³/mol. The highest BCUT2D eigenvalue weighted by Gasteiger charge is 2.11. The Balaban J connectivity index is 1.53. The first-order valence-corrected chi connectivity index (χ1v) is 8.45. The highest BCUT2D eigenvalue weighted by Crippen LogP contribution is 2.17. The van der Waals surface area contributed by atoms with Gasteiger partial charge in [0.2, 0.25) is 0 Å². The Morgan fingerprint density at radius 2 is 1.85 bits per heavy atom. The maximum Gasteiger partial charge on any atom is 0.338 e. The molecular formula is C20H17ClN2O3. The number of aromatic nitrogens is 1. The van der Waals surface area contributed by atoms with E-state index in [0.29, 0.717) is 22.8 Å². The van der Waals surface area contributed by atoms with Crippen molar-refractivity contribution in [2.45, 2.75) is 13.5 Å². The van der Waals surface area contributed by atoms with Gasteiger partial charge in [0.25, 0.3) is 5.91 Å². The van der Waals surface area contributed by atoms with E-state index in [1.807, 2.05) is 31.2 Å². The molecule has 0 saturated carbocycles. The van der Waals surface area contributed by atoms with Crippen LogP contribution in [0.25, 0.3) is 10.9 Å². The molecule has 0 bridgehead atoms. The van der Waals surface area contributed by atoms with E-state index >= 15 is 0 Å². The number of rotatable bonds is 5. The fraction of sp³-hybridized carbons (Fsp3) is 0.150. The molecule has 5 nitrogen and oxygen atoms in total. The summed E-state index contributed by atoms with van der Waals surface area (Å²) in [5.74, 6) is -0.916. The first-order valence-electron chi connectivity index (χ1n) is 8.07. The number of pyridine rings is 1. The largest absolute Gasteiger partial charge is 0.452 e. The van der Waals surface area contributed by atoms with Crippen molar-refractivity contribution in [3.8, 4) is 0 Å². The molecule has 6 heteroatoms. The lowest BCUT2D eigenvalue weighted by molar-refractivity contribution is -0.124. The summed E-state index contributed by atoms with van der Waals surface area (Å²) in [6.45, 7) is 2.06. The molecular weight excluding hydrogens is 352 g/mol. The number of benzene rings is 2. The molecule has 1 aromatic heterocycles. The molecule has 0 atom stereocenters. The number of nitrogens with zero attached hydrogens (tertiary/aromatic N) is 1. The average molecular weight is 369 g/mol. The van der Waals surface area contributed by atoms with Crippen molar-refractivity contribution in [2.24, 2.45) is 0 Å². The van der Waals surface area contributed by atoms with Gasteiger partial charge in [-0.2, -0.15) is 0 Å². The van der Waals surface area contributed by atoms with Gasteiger partial charge in [-0.25, -0.2) is 9.78 Å².